The second-order valence-electron chi connectivity index (χ2n) is 8.62. The van der Waals surface area contributed by atoms with E-state index < -0.39 is 11.9 Å². The number of nitrogens with one attached hydrogen (secondary N) is 2. The standard InChI is InChI=1S/C23H23ClF3N9O.CH2O2/c24-17-11-14(1-2-15(17)22(37)35-9-7-34(5-3-28)8-10-35)32-20-21-30-13-18(36(21)6-4-29-20)16-12-31-33-19(16)23(25,26)27;2-1-3/h1-2,4,6,11-13H,3,5,7-10,28H2,(H,29,32)(H,31,33);1H,(H,2,3). The molecule has 1 aliphatic rings. The average molecular weight is 580 g/mol. The molecule has 16 heteroatoms. The first-order chi connectivity index (χ1) is 19.2. The summed E-state index contributed by atoms with van der Waals surface area (Å²) < 4.78 is 41.6. The highest BCUT2D eigenvalue weighted by Crippen LogP contribution is 2.36. The Balaban J connectivity index is 0.00000118. The van der Waals surface area contributed by atoms with Crippen molar-refractivity contribution in [3.63, 3.8) is 0 Å². The number of alkyl halides is 3. The molecule has 0 radical (unpaired) electrons. The lowest BCUT2D eigenvalue weighted by atomic mass is 10.1. The summed E-state index contributed by atoms with van der Waals surface area (Å²) in [6, 6.07) is 4.93. The predicted molar refractivity (Wildman–Crippen MR) is 140 cm³/mol. The lowest BCUT2D eigenvalue weighted by molar-refractivity contribution is -0.140. The zero-order valence-corrected chi connectivity index (χ0v) is 21.7. The SMILES string of the molecule is NCCN1CCN(C(=O)c2ccc(Nc3nccn4c(-c5cn[nH]c5C(F)(F)F)cnc34)cc2Cl)CC1.O=CO. The van der Waals surface area contributed by atoms with E-state index in [1.807, 2.05) is 5.10 Å². The maximum absolute atomic E-state index is 13.4. The van der Waals surface area contributed by atoms with Crippen molar-refractivity contribution in [3.05, 3.63) is 59.3 Å². The average Bonchev–Trinajstić information content (AvgIpc) is 3.57. The highest BCUT2D eigenvalue weighted by molar-refractivity contribution is 6.34. The zero-order chi connectivity index (χ0) is 28.9. The number of amides is 1. The van der Waals surface area contributed by atoms with Gasteiger partial charge in [0.1, 0.15) is 5.69 Å². The van der Waals surface area contributed by atoms with Crippen molar-refractivity contribution in [1.29, 1.82) is 0 Å². The van der Waals surface area contributed by atoms with Crippen LogP contribution in [0.2, 0.25) is 5.02 Å². The Labute approximate surface area is 230 Å². The van der Waals surface area contributed by atoms with Crippen LogP contribution in [0.25, 0.3) is 16.9 Å². The fourth-order valence-corrected chi connectivity index (χ4v) is 4.60. The molecule has 4 aromatic rings. The van der Waals surface area contributed by atoms with Crippen LogP contribution in [0.1, 0.15) is 16.1 Å². The summed E-state index contributed by atoms with van der Waals surface area (Å²) in [5.74, 6) is 0.152. The molecule has 0 spiro atoms. The van der Waals surface area contributed by atoms with E-state index in [2.05, 4.69) is 25.3 Å². The molecule has 40 heavy (non-hydrogen) atoms. The van der Waals surface area contributed by atoms with Crippen LogP contribution in [-0.2, 0) is 11.0 Å². The normalized spacial score (nSPS) is 14.1. The Morgan fingerprint density at radius 3 is 2.58 bits per heavy atom. The number of halogens is 4. The number of benzene rings is 1. The Hall–Kier alpha value is -4.21. The first-order valence-corrected chi connectivity index (χ1v) is 12.3. The summed E-state index contributed by atoms with van der Waals surface area (Å²) in [6.07, 6.45) is 0.783. The fraction of sp³-hybridized carbons (Fsp3) is 0.292. The molecule has 0 saturated carbocycles. The van der Waals surface area contributed by atoms with E-state index in [-0.39, 0.29) is 28.7 Å². The van der Waals surface area contributed by atoms with Gasteiger partial charge in [-0.05, 0) is 18.2 Å². The number of nitrogens with zero attached hydrogens (tertiary/aromatic N) is 6. The van der Waals surface area contributed by atoms with Crippen LogP contribution in [-0.4, -0.2) is 91.1 Å². The van der Waals surface area contributed by atoms with Crippen molar-refractivity contribution >= 4 is 41.1 Å². The predicted octanol–water partition coefficient (Wildman–Crippen LogP) is 2.95. The minimum Gasteiger partial charge on any atom is -0.483 e. The van der Waals surface area contributed by atoms with Crippen molar-refractivity contribution in [2.45, 2.75) is 6.18 Å². The third-order valence-corrected chi connectivity index (χ3v) is 6.51. The van der Waals surface area contributed by atoms with E-state index >= 15 is 0 Å². The monoisotopic (exact) mass is 579 g/mol. The number of piperazine rings is 1. The summed E-state index contributed by atoms with van der Waals surface area (Å²) in [5, 5.41) is 15.8. The van der Waals surface area contributed by atoms with Crippen LogP contribution in [0.3, 0.4) is 0 Å². The molecule has 5 rings (SSSR count). The summed E-state index contributed by atoms with van der Waals surface area (Å²) in [7, 11) is 0. The van der Waals surface area contributed by atoms with Gasteiger partial charge in [0.25, 0.3) is 12.4 Å². The molecule has 0 aliphatic carbocycles. The van der Waals surface area contributed by atoms with Crippen molar-refractivity contribution in [3.8, 4) is 11.3 Å². The molecule has 0 bridgehead atoms. The molecule has 1 fully saturated rings. The molecule has 212 valence electrons. The Morgan fingerprint density at radius 2 is 1.93 bits per heavy atom. The van der Waals surface area contributed by atoms with Crippen molar-refractivity contribution in [2.24, 2.45) is 5.73 Å². The fourth-order valence-electron chi connectivity index (χ4n) is 4.33. The molecule has 5 N–H and O–H groups in total. The highest BCUT2D eigenvalue weighted by atomic mass is 35.5. The van der Waals surface area contributed by atoms with Crippen LogP contribution in [0.4, 0.5) is 24.7 Å². The molecule has 12 nitrogen and oxygen atoms in total. The number of imidazole rings is 1. The van der Waals surface area contributed by atoms with Crippen LogP contribution < -0.4 is 11.1 Å². The van der Waals surface area contributed by atoms with E-state index in [0.717, 1.165) is 25.8 Å². The molecule has 1 amide bonds. The minimum absolute atomic E-state index is 0.132. The Bertz CT molecular complexity index is 1480. The highest BCUT2D eigenvalue weighted by Gasteiger charge is 2.36. The van der Waals surface area contributed by atoms with Gasteiger partial charge in [0, 0.05) is 57.3 Å². The summed E-state index contributed by atoms with van der Waals surface area (Å²) >= 11 is 6.47. The largest absolute Gasteiger partial charge is 0.483 e. The number of aromatic nitrogens is 5. The number of carboxylic acid groups (broad SMARTS) is 1. The number of carbonyl (C=O) groups is 2. The molecular weight excluding hydrogens is 555 g/mol. The molecule has 0 atom stereocenters. The topological polar surface area (TPSA) is 158 Å². The Morgan fingerprint density at radius 1 is 1.20 bits per heavy atom. The Kier molecular flexibility index (Phi) is 8.86. The summed E-state index contributed by atoms with van der Waals surface area (Å²) in [4.78, 5) is 33.9. The number of anilines is 2. The van der Waals surface area contributed by atoms with Gasteiger partial charge in [0.2, 0.25) is 0 Å². The van der Waals surface area contributed by atoms with Crippen LogP contribution in [0, 0.1) is 0 Å². The van der Waals surface area contributed by atoms with Gasteiger partial charge in [-0.15, -0.1) is 0 Å². The molecule has 3 aromatic heterocycles. The minimum atomic E-state index is -4.60. The van der Waals surface area contributed by atoms with Gasteiger partial charge in [-0.2, -0.15) is 18.3 Å². The number of hydrogen-bond donors (Lipinski definition) is 4. The third-order valence-electron chi connectivity index (χ3n) is 6.19. The maximum atomic E-state index is 13.4. The summed E-state index contributed by atoms with van der Waals surface area (Å²) in [6.45, 7) is 3.82. The van der Waals surface area contributed by atoms with Gasteiger partial charge in [-0.25, -0.2) is 9.97 Å². The summed E-state index contributed by atoms with van der Waals surface area (Å²) in [5.41, 5.74) is 5.94. The zero-order valence-electron chi connectivity index (χ0n) is 20.9. The first-order valence-electron chi connectivity index (χ1n) is 12.0. The van der Waals surface area contributed by atoms with Gasteiger partial charge in [-0.1, -0.05) is 11.6 Å². The van der Waals surface area contributed by atoms with E-state index in [0.29, 0.717) is 42.4 Å². The van der Waals surface area contributed by atoms with E-state index in [9.17, 15) is 18.0 Å². The van der Waals surface area contributed by atoms with Crippen LogP contribution >= 0.6 is 11.6 Å². The van der Waals surface area contributed by atoms with Gasteiger partial charge in [0.15, 0.2) is 11.5 Å². The molecular formula is C24H25ClF3N9O3. The number of nitrogens with two attached hydrogens (primary N) is 1. The maximum Gasteiger partial charge on any atom is 0.433 e. The lowest BCUT2D eigenvalue weighted by Gasteiger charge is -2.34. The number of hydrogen-bond acceptors (Lipinski definition) is 8. The number of rotatable bonds is 6. The van der Waals surface area contributed by atoms with Crippen LogP contribution in [0.15, 0.2) is 43.0 Å². The van der Waals surface area contributed by atoms with Gasteiger partial charge in [-0.3, -0.25) is 24.0 Å². The lowest BCUT2D eigenvalue weighted by Crippen LogP contribution is -2.49. The first kappa shape index (κ1) is 28.8. The molecule has 1 aromatic carbocycles. The van der Waals surface area contributed by atoms with Gasteiger partial charge >= 0.3 is 6.18 Å². The molecule has 4 heterocycles. The molecule has 1 aliphatic heterocycles. The van der Waals surface area contributed by atoms with E-state index in [1.165, 1.54) is 23.0 Å². The number of H-pyrrole nitrogens is 1. The molecule has 0 unspecified atom stereocenters. The van der Waals surface area contributed by atoms with Crippen molar-refractivity contribution in [1.82, 2.24) is 34.4 Å². The van der Waals surface area contributed by atoms with Gasteiger partial charge < -0.3 is 21.1 Å². The number of carbonyl (C=O) groups excluding carboxylic acids is 1. The second kappa shape index (κ2) is 12.3. The van der Waals surface area contributed by atoms with E-state index in [1.54, 1.807) is 23.1 Å². The van der Waals surface area contributed by atoms with Gasteiger partial charge in [0.05, 0.1) is 34.2 Å². The number of fused-ring (bicyclic) bond motifs is 1. The van der Waals surface area contributed by atoms with Crippen molar-refractivity contribution < 1.29 is 27.9 Å². The van der Waals surface area contributed by atoms with E-state index in [4.69, 9.17) is 27.2 Å². The quantitative estimate of drug-likeness (QED) is 0.252. The number of aromatic amines is 1. The smallest absolute Gasteiger partial charge is 0.433 e. The second-order valence-corrected chi connectivity index (χ2v) is 9.02. The van der Waals surface area contributed by atoms with Crippen molar-refractivity contribution in [2.75, 3.05) is 44.6 Å². The third kappa shape index (κ3) is 6.16. The molecule has 1 saturated heterocycles. The van der Waals surface area contributed by atoms with Crippen LogP contribution in [0.5, 0.6) is 0 Å².